The lowest BCUT2D eigenvalue weighted by atomic mass is 10.2. The fourth-order valence-corrected chi connectivity index (χ4v) is 1.70. The van der Waals surface area contributed by atoms with Gasteiger partial charge in [0.25, 0.3) is 0 Å². The second-order valence-corrected chi connectivity index (χ2v) is 3.83. The number of aliphatic hydroxyl groups excluding tert-OH is 1. The molecule has 16 heavy (non-hydrogen) atoms. The predicted molar refractivity (Wildman–Crippen MR) is 63.2 cm³/mol. The van der Waals surface area contributed by atoms with Crippen molar-refractivity contribution in [1.29, 1.82) is 0 Å². The van der Waals surface area contributed by atoms with Crippen molar-refractivity contribution in [3.63, 3.8) is 0 Å². The van der Waals surface area contributed by atoms with Crippen LogP contribution in [0.3, 0.4) is 0 Å². The molecule has 0 spiro atoms. The average Bonchev–Trinajstić information content (AvgIpc) is 2.73. The fourth-order valence-electron chi connectivity index (χ4n) is 1.70. The highest BCUT2D eigenvalue weighted by atomic mass is 16.5. The molecule has 4 nitrogen and oxygen atoms in total. The third kappa shape index (κ3) is 3.94. The summed E-state index contributed by atoms with van der Waals surface area (Å²) in [5.41, 5.74) is 0. The lowest BCUT2D eigenvalue weighted by Crippen LogP contribution is -2.09. The first-order chi connectivity index (χ1) is 7.79. The van der Waals surface area contributed by atoms with Crippen molar-refractivity contribution < 1.29 is 9.84 Å². The SMILES string of the molecule is CCCn1ccnc1C(O)CCCOCC. The number of aryl methyl sites for hydroxylation is 1. The van der Waals surface area contributed by atoms with Crippen LogP contribution in [0.1, 0.15) is 45.0 Å². The van der Waals surface area contributed by atoms with Gasteiger partial charge in [-0.05, 0) is 26.2 Å². The number of imidazole rings is 1. The zero-order valence-electron chi connectivity index (χ0n) is 10.2. The second kappa shape index (κ2) is 7.41. The maximum atomic E-state index is 9.98. The Hall–Kier alpha value is -0.870. The maximum absolute atomic E-state index is 9.98. The molecule has 0 amide bonds. The number of rotatable bonds is 8. The molecule has 92 valence electrons. The Balaban J connectivity index is 2.39. The Bertz CT molecular complexity index is 286. The summed E-state index contributed by atoms with van der Waals surface area (Å²) in [7, 11) is 0. The molecule has 1 heterocycles. The van der Waals surface area contributed by atoms with Crippen molar-refractivity contribution >= 4 is 0 Å². The van der Waals surface area contributed by atoms with Crippen LogP contribution in [0.15, 0.2) is 12.4 Å². The normalized spacial score (nSPS) is 12.9. The Kier molecular flexibility index (Phi) is 6.11. The van der Waals surface area contributed by atoms with E-state index in [9.17, 15) is 5.11 Å². The van der Waals surface area contributed by atoms with Crippen LogP contribution >= 0.6 is 0 Å². The maximum Gasteiger partial charge on any atom is 0.137 e. The predicted octanol–water partition coefficient (Wildman–Crippen LogP) is 2.14. The molecule has 0 bridgehead atoms. The van der Waals surface area contributed by atoms with Crippen molar-refractivity contribution in [2.75, 3.05) is 13.2 Å². The van der Waals surface area contributed by atoms with Gasteiger partial charge in [0.1, 0.15) is 11.9 Å². The summed E-state index contributed by atoms with van der Waals surface area (Å²) in [4.78, 5) is 4.21. The molecule has 1 N–H and O–H groups in total. The summed E-state index contributed by atoms with van der Waals surface area (Å²) in [6.45, 7) is 6.45. The highest BCUT2D eigenvalue weighted by molar-refractivity contribution is 4.96. The van der Waals surface area contributed by atoms with Crippen LogP contribution in [0.2, 0.25) is 0 Å². The Morgan fingerprint density at radius 3 is 3.00 bits per heavy atom. The largest absolute Gasteiger partial charge is 0.385 e. The third-order valence-corrected chi connectivity index (χ3v) is 2.48. The van der Waals surface area contributed by atoms with E-state index in [-0.39, 0.29) is 0 Å². The molecule has 0 saturated carbocycles. The molecule has 0 radical (unpaired) electrons. The van der Waals surface area contributed by atoms with Crippen molar-refractivity contribution in [1.82, 2.24) is 9.55 Å². The van der Waals surface area contributed by atoms with Gasteiger partial charge >= 0.3 is 0 Å². The van der Waals surface area contributed by atoms with E-state index in [1.807, 2.05) is 17.7 Å². The summed E-state index contributed by atoms with van der Waals surface area (Å²) < 4.78 is 7.26. The average molecular weight is 226 g/mol. The second-order valence-electron chi connectivity index (χ2n) is 3.83. The van der Waals surface area contributed by atoms with E-state index in [1.165, 1.54) is 0 Å². The van der Waals surface area contributed by atoms with Gasteiger partial charge < -0.3 is 14.4 Å². The number of aliphatic hydroxyl groups is 1. The molecule has 1 aromatic heterocycles. The van der Waals surface area contributed by atoms with Crippen molar-refractivity contribution in [2.24, 2.45) is 0 Å². The third-order valence-electron chi connectivity index (χ3n) is 2.48. The Labute approximate surface area is 97.3 Å². The summed E-state index contributed by atoms with van der Waals surface area (Å²) in [5, 5.41) is 9.98. The van der Waals surface area contributed by atoms with Crippen LogP contribution in [0.5, 0.6) is 0 Å². The van der Waals surface area contributed by atoms with Crippen LogP contribution < -0.4 is 0 Å². The topological polar surface area (TPSA) is 47.3 Å². The highest BCUT2D eigenvalue weighted by Crippen LogP contribution is 2.16. The first kappa shape index (κ1) is 13.2. The molecule has 0 fully saturated rings. The van der Waals surface area contributed by atoms with E-state index in [2.05, 4.69) is 11.9 Å². The van der Waals surface area contributed by atoms with Gasteiger partial charge in [-0.2, -0.15) is 0 Å². The van der Waals surface area contributed by atoms with Gasteiger partial charge in [0.05, 0.1) is 0 Å². The number of hydrogen-bond donors (Lipinski definition) is 1. The van der Waals surface area contributed by atoms with Gasteiger partial charge in [-0.1, -0.05) is 6.92 Å². The first-order valence-electron chi connectivity index (χ1n) is 6.06. The minimum Gasteiger partial charge on any atom is -0.385 e. The van der Waals surface area contributed by atoms with E-state index in [1.54, 1.807) is 6.20 Å². The van der Waals surface area contributed by atoms with E-state index in [0.717, 1.165) is 31.8 Å². The summed E-state index contributed by atoms with van der Waals surface area (Å²) >= 11 is 0. The molecule has 0 saturated heterocycles. The molecule has 0 aromatic carbocycles. The minimum atomic E-state index is -0.470. The van der Waals surface area contributed by atoms with Gasteiger partial charge in [-0.25, -0.2) is 4.98 Å². The number of hydrogen-bond acceptors (Lipinski definition) is 3. The van der Waals surface area contributed by atoms with Crippen LogP contribution in [-0.4, -0.2) is 27.9 Å². The van der Waals surface area contributed by atoms with E-state index in [4.69, 9.17) is 4.74 Å². The quantitative estimate of drug-likeness (QED) is 0.691. The fraction of sp³-hybridized carbons (Fsp3) is 0.750. The molecule has 1 unspecified atom stereocenters. The molecule has 1 aromatic rings. The highest BCUT2D eigenvalue weighted by Gasteiger charge is 2.12. The molecule has 0 aliphatic carbocycles. The van der Waals surface area contributed by atoms with Gasteiger partial charge in [-0.15, -0.1) is 0 Å². The number of aromatic nitrogens is 2. The molecule has 1 rings (SSSR count). The summed E-state index contributed by atoms with van der Waals surface area (Å²) in [6.07, 6.45) is 5.83. The minimum absolute atomic E-state index is 0.470. The van der Waals surface area contributed by atoms with Crippen molar-refractivity contribution in [2.45, 2.75) is 45.8 Å². The standard InChI is InChI=1S/C12H22N2O2/c1-3-8-14-9-7-13-12(14)11(15)6-5-10-16-4-2/h7,9,11,15H,3-6,8,10H2,1-2H3. The molecular formula is C12H22N2O2. The van der Waals surface area contributed by atoms with Gasteiger partial charge in [0, 0.05) is 32.2 Å². The Morgan fingerprint density at radius 2 is 2.31 bits per heavy atom. The van der Waals surface area contributed by atoms with Crippen LogP contribution in [0.25, 0.3) is 0 Å². The van der Waals surface area contributed by atoms with Crippen molar-refractivity contribution in [3.8, 4) is 0 Å². The zero-order valence-corrected chi connectivity index (χ0v) is 10.2. The first-order valence-corrected chi connectivity index (χ1v) is 6.06. The lowest BCUT2D eigenvalue weighted by Gasteiger charge is -2.12. The van der Waals surface area contributed by atoms with Crippen molar-refractivity contribution in [3.05, 3.63) is 18.2 Å². The molecule has 0 aliphatic heterocycles. The monoisotopic (exact) mass is 226 g/mol. The summed E-state index contributed by atoms with van der Waals surface area (Å²) in [6, 6.07) is 0. The molecule has 4 heteroatoms. The smallest absolute Gasteiger partial charge is 0.137 e. The van der Waals surface area contributed by atoms with E-state index >= 15 is 0 Å². The van der Waals surface area contributed by atoms with Gasteiger partial charge in [0.15, 0.2) is 0 Å². The number of ether oxygens (including phenoxy) is 1. The van der Waals surface area contributed by atoms with E-state index in [0.29, 0.717) is 13.0 Å². The van der Waals surface area contributed by atoms with Crippen LogP contribution in [-0.2, 0) is 11.3 Å². The summed E-state index contributed by atoms with van der Waals surface area (Å²) in [5.74, 6) is 0.776. The van der Waals surface area contributed by atoms with E-state index < -0.39 is 6.10 Å². The molecular weight excluding hydrogens is 204 g/mol. The molecule has 1 atom stereocenters. The van der Waals surface area contributed by atoms with Crippen LogP contribution in [0, 0.1) is 0 Å². The Morgan fingerprint density at radius 1 is 1.50 bits per heavy atom. The van der Waals surface area contributed by atoms with Gasteiger partial charge in [-0.3, -0.25) is 0 Å². The molecule has 0 aliphatic rings. The van der Waals surface area contributed by atoms with Gasteiger partial charge in [0.2, 0.25) is 0 Å². The number of nitrogens with zero attached hydrogens (tertiary/aromatic N) is 2. The lowest BCUT2D eigenvalue weighted by molar-refractivity contribution is 0.109. The van der Waals surface area contributed by atoms with Crippen LogP contribution in [0.4, 0.5) is 0 Å². The zero-order chi connectivity index (χ0) is 11.8.